The van der Waals surface area contributed by atoms with Gasteiger partial charge in [-0.25, -0.2) is 9.78 Å². The van der Waals surface area contributed by atoms with Crippen LogP contribution in [0.15, 0.2) is 42.5 Å². The molecule has 0 unspecified atom stereocenters. The number of amides is 3. The SMILES string of the molecule is NC(=O)Cc1cc2cc3c(cc2nc1-c1ccccc1NC(N)=O)OCO3. The van der Waals surface area contributed by atoms with Gasteiger partial charge in [0.05, 0.1) is 23.3 Å². The normalized spacial score (nSPS) is 12.1. The Morgan fingerprint density at radius 2 is 1.81 bits per heavy atom. The summed E-state index contributed by atoms with van der Waals surface area (Å²) >= 11 is 0. The highest BCUT2D eigenvalue weighted by Gasteiger charge is 2.19. The molecule has 0 atom stereocenters. The first-order chi connectivity index (χ1) is 13.0. The molecule has 0 saturated carbocycles. The second-order valence-electron chi connectivity index (χ2n) is 6.07. The van der Waals surface area contributed by atoms with Crippen molar-refractivity contribution in [1.29, 1.82) is 0 Å². The number of primary amides is 2. The molecule has 4 rings (SSSR count). The summed E-state index contributed by atoms with van der Waals surface area (Å²) in [7, 11) is 0. The summed E-state index contributed by atoms with van der Waals surface area (Å²) in [6.07, 6.45) is -0.00236. The van der Waals surface area contributed by atoms with Crippen molar-refractivity contribution in [3.63, 3.8) is 0 Å². The van der Waals surface area contributed by atoms with Crippen molar-refractivity contribution in [2.24, 2.45) is 11.5 Å². The van der Waals surface area contributed by atoms with Gasteiger partial charge in [0.2, 0.25) is 12.7 Å². The minimum atomic E-state index is -0.692. The number of benzene rings is 2. The number of nitrogens with one attached hydrogen (secondary N) is 1. The molecule has 0 bridgehead atoms. The van der Waals surface area contributed by atoms with E-state index in [0.29, 0.717) is 39.5 Å². The lowest BCUT2D eigenvalue weighted by atomic mass is 9.99. The molecule has 5 N–H and O–H groups in total. The molecule has 8 nitrogen and oxygen atoms in total. The predicted molar refractivity (Wildman–Crippen MR) is 99.4 cm³/mol. The van der Waals surface area contributed by atoms with E-state index in [4.69, 9.17) is 25.9 Å². The van der Waals surface area contributed by atoms with Gasteiger partial charge < -0.3 is 26.3 Å². The molecule has 3 amide bonds. The quantitative estimate of drug-likeness (QED) is 0.653. The van der Waals surface area contributed by atoms with Crippen molar-refractivity contribution in [1.82, 2.24) is 4.98 Å². The van der Waals surface area contributed by atoms with Gasteiger partial charge in [0.1, 0.15) is 0 Å². The van der Waals surface area contributed by atoms with Crippen LogP contribution in [-0.4, -0.2) is 23.7 Å². The van der Waals surface area contributed by atoms with E-state index in [1.165, 1.54) is 0 Å². The van der Waals surface area contributed by atoms with Gasteiger partial charge in [-0.05, 0) is 23.8 Å². The smallest absolute Gasteiger partial charge is 0.316 e. The summed E-state index contributed by atoms with van der Waals surface area (Å²) < 4.78 is 10.8. The zero-order valence-corrected chi connectivity index (χ0v) is 14.2. The second kappa shape index (κ2) is 6.49. The van der Waals surface area contributed by atoms with Crippen molar-refractivity contribution in [2.45, 2.75) is 6.42 Å². The predicted octanol–water partition coefficient (Wildman–Crippen LogP) is 2.15. The summed E-state index contributed by atoms with van der Waals surface area (Å²) in [5.41, 5.74) is 13.6. The fourth-order valence-corrected chi connectivity index (χ4v) is 3.09. The highest BCUT2D eigenvalue weighted by Crippen LogP contribution is 2.38. The van der Waals surface area contributed by atoms with Crippen LogP contribution in [0.1, 0.15) is 5.56 Å². The minimum Gasteiger partial charge on any atom is -0.454 e. The number of nitrogens with zero attached hydrogens (tertiary/aromatic N) is 1. The zero-order valence-electron chi connectivity index (χ0n) is 14.2. The summed E-state index contributed by atoms with van der Waals surface area (Å²) in [5, 5.41) is 3.37. The standard InChI is InChI=1S/C19H16N4O4/c20-17(24)7-11-5-10-6-15-16(27-9-26-15)8-14(10)22-18(11)12-3-1-2-4-13(12)23-19(21)25/h1-6,8H,7,9H2,(H2,20,24)(H3,21,23,25). The van der Waals surface area contributed by atoms with E-state index in [1.807, 2.05) is 12.1 Å². The van der Waals surface area contributed by atoms with E-state index in [2.05, 4.69) is 5.32 Å². The van der Waals surface area contributed by atoms with Gasteiger partial charge in [-0.3, -0.25) is 4.79 Å². The van der Waals surface area contributed by atoms with Crippen molar-refractivity contribution < 1.29 is 19.1 Å². The molecule has 2 heterocycles. The Morgan fingerprint density at radius 1 is 1.07 bits per heavy atom. The molecular formula is C19H16N4O4. The second-order valence-corrected chi connectivity index (χ2v) is 6.07. The lowest BCUT2D eigenvalue weighted by Gasteiger charge is -2.14. The zero-order chi connectivity index (χ0) is 19.0. The number of urea groups is 1. The molecule has 1 aliphatic heterocycles. The lowest BCUT2D eigenvalue weighted by molar-refractivity contribution is -0.117. The van der Waals surface area contributed by atoms with Gasteiger partial charge >= 0.3 is 6.03 Å². The Morgan fingerprint density at radius 3 is 2.56 bits per heavy atom. The fraction of sp³-hybridized carbons (Fsp3) is 0.105. The van der Waals surface area contributed by atoms with Crippen LogP contribution in [0.25, 0.3) is 22.2 Å². The van der Waals surface area contributed by atoms with Crippen LogP contribution in [0, 0.1) is 0 Å². The summed E-state index contributed by atoms with van der Waals surface area (Å²) in [6, 6.07) is 11.8. The fourth-order valence-electron chi connectivity index (χ4n) is 3.09. The Balaban J connectivity index is 1.94. The van der Waals surface area contributed by atoms with E-state index >= 15 is 0 Å². The molecule has 0 spiro atoms. The van der Waals surface area contributed by atoms with Crippen molar-refractivity contribution in [3.8, 4) is 22.8 Å². The van der Waals surface area contributed by atoms with Gasteiger partial charge in [-0.1, -0.05) is 18.2 Å². The summed E-state index contributed by atoms with van der Waals surface area (Å²) in [6.45, 7) is 0.151. The molecule has 1 aromatic heterocycles. The van der Waals surface area contributed by atoms with Gasteiger partial charge in [0.15, 0.2) is 11.5 Å². The molecule has 0 aliphatic carbocycles. The molecule has 27 heavy (non-hydrogen) atoms. The topological polar surface area (TPSA) is 130 Å². The number of anilines is 1. The third-order valence-electron chi connectivity index (χ3n) is 4.19. The lowest BCUT2D eigenvalue weighted by Crippen LogP contribution is -2.20. The number of ether oxygens (including phenoxy) is 2. The molecule has 0 radical (unpaired) electrons. The van der Waals surface area contributed by atoms with Gasteiger partial charge in [-0.2, -0.15) is 0 Å². The van der Waals surface area contributed by atoms with E-state index in [1.54, 1.807) is 30.3 Å². The number of nitrogens with two attached hydrogens (primary N) is 2. The number of aromatic nitrogens is 1. The summed E-state index contributed by atoms with van der Waals surface area (Å²) in [5.74, 6) is 0.739. The van der Waals surface area contributed by atoms with E-state index in [9.17, 15) is 9.59 Å². The van der Waals surface area contributed by atoms with Crippen molar-refractivity contribution in [2.75, 3.05) is 12.1 Å². The molecular weight excluding hydrogens is 348 g/mol. The Hall–Kier alpha value is -3.81. The van der Waals surface area contributed by atoms with Gasteiger partial charge in [-0.15, -0.1) is 0 Å². The van der Waals surface area contributed by atoms with Crippen LogP contribution >= 0.6 is 0 Å². The van der Waals surface area contributed by atoms with Gasteiger partial charge in [0.25, 0.3) is 0 Å². The van der Waals surface area contributed by atoms with Crippen molar-refractivity contribution >= 4 is 28.5 Å². The van der Waals surface area contributed by atoms with Crippen LogP contribution in [0.5, 0.6) is 11.5 Å². The number of carbonyl (C=O) groups is 2. The average Bonchev–Trinajstić information content (AvgIpc) is 3.06. The Labute approximate surface area is 154 Å². The maximum Gasteiger partial charge on any atom is 0.316 e. The van der Waals surface area contributed by atoms with Crippen molar-refractivity contribution in [3.05, 3.63) is 48.0 Å². The van der Waals surface area contributed by atoms with Crippen LogP contribution in [0.3, 0.4) is 0 Å². The largest absolute Gasteiger partial charge is 0.454 e. The first-order valence-electron chi connectivity index (χ1n) is 8.18. The molecule has 0 saturated heterocycles. The molecule has 1 aliphatic rings. The summed E-state index contributed by atoms with van der Waals surface area (Å²) in [4.78, 5) is 27.6. The Kier molecular flexibility index (Phi) is 4.00. The molecule has 136 valence electrons. The van der Waals surface area contributed by atoms with Crippen LogP contribution in [-0.2, 0) is 11.2 Å². The van der Waals surface area contributed by atoms with Gasteiger partial charge in [0, 0.05) is 17.0 Å². The van der Waals surface area contributed by atoms with Crippen LogP contribution < -0.4 is 26.3 Å². The molecule has 3 aromatic rings. The average molecular weight is 364 g/mol. The van der Waals surface area contributed by atoms with E-state index in [-0.39, 0.29) is 13.2 Å². The maximum absolute atomic E-state index is 11.6. The highest BCUT2D eigenvalue weighted by molar-refractivity contribution is 5.96. The first-order valence-corrected chi connectivity index (χ1v) is 8.18. The number of fused-ring (bicyclic) bond motifs is 2. The number of hydrogen-bond acceptors (Lipinski definition) is 5. The number of hydrogen-bond donors (Lipinski definition) is 3. The third kappa shape index (κ3) is 3.20. The third-order valence-corrected chi connectivity index (χ3v) is 4.19. The highest BCUT2D eigenvalue weighted by atomic mass is 16.7. The number of carbonyl (C=O) groups excluding carboxylic acids is 2. The minimum absolute atomic E-state index is 0.00236. The number of pyridine rings is 1. The molecule has 8 heteroatoms. The van der Waals surface area contributed by atoms with Crippen LogP contribution in [0.4, 0.5) is 10.5 Å². The Bertz CT molecular complexity index is 1080. The van der Waals surface area contributed by atoms with Crippen LogP contribution in [0.2, 0.25) is 0 Å². The monoisotopic (exact) mass is 364 g/mol. The molecule has 2 aromatic carbocycles. The number of rotatable bonds is 4. The van der Waals surface area contributed by atoms with E-state index in [0.717, 1.165) is 5.39 Å². The number of para-hydroxylation sites is 1. The molecule has 0 fully saturated rings. The van der Waals surface area contributed by atoms with E-state index < -0.39 is 11.9 Å². The first kappa shape index (κ1) is 16.6. The maximum atomic E-state index is 11.6.